The standard InChI is InChI=1S/C24H30FN3O4S/c1-32-23-11-10-19(33(30,31)28-12-6-2-3-7-13-28)18-20(23)24(29)27-16-14-26(15-17-27)22-9-5-4-8-21(22)25/h4-5,8-11,18H,2-3,6-7,12-17H2,1H3. The zero-order chi connectivity index (χ0) is 23.4. The lowest BCUT2D eigenvalue weighted by atomic mass is 10.1. The zero-order valence-corrected chi connectivity index (χ0v) is 19.7. The average Bonchev–Trinajstić information content (AvgIpc) is 3.14. The number of nitrogens with zero attached hydrogens (tertiary/aromatic N) is 3. The number of hydrogen-bond acceptors (Lipinski definition) is 5. The molecule has 0 atom stereocenters. The van der Waals surface area contributed by atoms with E-state index in [0.29, 0.717) is 50.7 Å². The van der Waals surface area contributed by atoms with E-state index in [9.17, 15) is 17.6 Å². The fourth-order valence-electron chi connectivity index (χ4n) is 4.47. The van der Waals surface area contributed by atoms with Gasteiger partial charge in [0.25, 0.3) is 5.91 Å². The van der Waals surface area contributed by atoms with Crippen LogP contribution in [0.5, 0.6) is 5.75 Å². The number of anilines is 1. The molecule has 2 fully saturated rings. The number of hydrogen-bond donors (Lipinski definition) is 0. The molecule has 2 aliphatic rings. The summed E-state index contributed by atoms with van der Waals surface area (Å²) in [6, 6.07) is 11.1. The molecule has 1 amide bonds. The zero-order valence-electron chi connectivity index (χ0n) is 18.9. The number of methoxy groups -OCH3 is 1. The van der Waals surface area contributed by atoms with Crippen molar-refractivity contribution >= 4 is 21.6 Å². The van der Waals surface area contributed by atoms with Gasteiger partial charge in [-0.3, -0.25) is 4.79 Å². The summed E-state index contributed by atoms with van der Waals surface area (Å²) in [6.07, 6.45) is 3.73. The lowest BCUT2D eigenvalue weighted by Gasteiger charge is -2.36. The smallest absolute Gasteiger partial charge is 0.257 e. The first-order valence-electron chi connectivity index (χ1n) is 11.4. The molecule has 33 heavy (non-hydrogen) atoms. The predicted molar refractivity (Wildman–Crippen MR) is 125 cm³/mol. The number of amides is 1. The van der Waals surface area contributed by atoms with Crippen LogP contribution in [0.2, 0.25) is 0 Å². The quantitative estimate of drug-likeness (QED) is 0.663. The molecule has 2 heterocycles. The van der Waals surface area contributed by atoms with Crippen LogP contribution < -0.4 is 9.64 Å². The Morgan fingerprint density at radius 1 is 0.909 bits per heavy atom. The summed E-state index contributed by atoms with van der Waals surface area (Å²) < 4.78 is 47.5. The Labute approximate surface area is 194 Å². The number of ether oxygens (including phenoxy) is 1. The van der Waals surface area contributed by atoms with Gasteiger partial charge in [0.15, 0.2) is 0 Å². The molecular formula is C24H30FN3O4S. The Kier molecular flexibility index (Phi) is 7.19. The summed E-state index contributed by atoms with van der Waals surface area (Å²) in [5.41, 5.74) is 0.750. The molecule has 0 unspecified atom stereocenters. The van der Waals surface area contributed by atoms with E-state index in [1.54, 1.807) is 29.2 Å². The normalized spacial score (nSPS) is 18.1. The monoisotopic (exact) mass is 475 g/mol. The van der Waals surface area contributed by atoms with Crippen molar-refractivity contribution in [3.63, 3.8) is 0 Å². The van der Waals surface area contributed by atoms with Crippen LogP contribution in [-0.2, 0) is 10.0 Å². The maximum atomic E-state index is 14.1. The molecule has 7 nitrogen and oxygen atoms in total. The highest BCUT2D eigenvalue weighted by atomic mass is 32.2. The highest BCUT2D eigenvalue weighted by Gasteiger charge is 2.29. The van der Waals surface area contributed by atoms with Crippen LogP contribution >= 0.6 is 0 Å². The molecule has 2 aromatic rings. The number of benzene rings is 2. The van der Waals surface area contributed by atoms with Crippen LogP contribution in [0.15, 0.2) is 47.4 Å². The second kappa shape index (κ2) is 10.1. The maximum Gasteiger partial charge on any atom is 0.257 e. The molecule has 0 N–H and O–H groups in total. The SMILES string of the molecule is COc1ccc(S(=O)(=O)N2CCCCCC2)cc1C(=O)N1CCN(c2ccccc2F)CC1. The van der Waals surface area contributed by atoms with Crippen molar-refractivity contribution < 1.29 is 22.3 Å². The van der Waals surface area contributed by atoms with E-state index in [1.165, 1.54) is 29.6 Å². The van der Waals surface area contributed by atoms with Gasteiger partial charge in [0.05, 0.1) is 23.3 Å². The minimum absolute atomic E-state index is 0.110. The average molecular weight is 476 g/mol. The fraction of sp³-hybridized carbons (Fsp3) is 0.458. The minimum Gasteiger partial charge on any atom is -0.496 e. The molecule has 0 radical (unpaired) electrons. The Morgan fingerprint density at radius 2 is 1.58 bits per heavy atom. The summed E-state index contributed by atoms with van der Waals surface area (Å²) in [4.78, 5) is 17.0. The second-order valence-electron chi connectivity index (χ2n) is 8.41. The summed E-state index contributed by atoms with van der Waals surface area (Å²) in [5.74, 6) is -0.232. The van der Waals surface area contributed by atoms with E-state index in [-0.39, 0.29) is 22.2 Å². The van der Waals surface area contributed by atoms with Crippen molar-refractivity contribution in [1.29, 1.82) is 0 Å². The Bertz CT molecular complexity index is 1090. The third kappa shape index (κ3) is 4.99. The van der Waals surface area contributed by atoms with E-state index in [4.69, 9.17) is 4.74 Å². The second-order valence-corrected chi connectivity index (χ2v) is 10.3. The first-order chi connectivity index (χ1) is 15.9. The first-order valence-corrected chi connectivity index (χ1v) is 12.8. The lowest BCUT2D eigenvalue weighted by Crippen LogP contribution is -2.49. The van der Waals surface area contributed by atoms with Crippen molar-refractivity contribution in [3.8, 4) is 5.75 Å². The van der Waals surface area contributed by atoms with Crippen LogP contribution in [-0.4, -0.2) is 69.9 Å². The highest BCUT2D eigenvalue weighted by molar-refractivity contribution is 7.89. The Morgan fingerprint density at radius 3 is 2.21 bits per heavy atom. The van der Waals surface area contributed by atoms with Crippen LogP contribution in [0, 0.1) is 5.82 Å². The number of carbonyl (C=O) groups is 1. The number of halogens is 1. The number of rotatable bonds is 5. The van der Waals surface area contributed by atoms with E-state index >= 15 is 0 Å². The molecule has 0 saturated carbocycles. The third-order valence-corrected chi connectivity index (χ3v) is 8.26. The van der Waals surface area contributed by atoms with Gasteiger partial charge >= 0.3 is 0 Å². The molecule has 0 spiro atoms. The van der Waals surface area contributed by atoms with E-state index < -0.39 is 10.0 Å². The van der Waals surface area contributed by atoms with Gasteiger partial charge < -0.3 is 14.5 Å². The Hall–Kier alpha value is -2.65. The fourth-order valence-corrected chi connectivity index (χ4v) is 6.02. The lowest BCUT2D eigenvalue weighted by molar-refractivity contribution is 0.0743. The van der Waals surface area contributed by atoms with Gasteiger partial charge in [0, 0.05) is 39.3 Å². The molecule has 2 saturated heterocycles. The van der Waals surface area contributed by atoms with Crippen LogP contribution in [0.4, 0.5) is 10.1 Å². The summed E-state index contributed by atoms with van der Waals surface area (Å²) in [7, 11) is -2.23. The first kappa shape index (κ1) is 23.5. The summed E-state index contributed by atoms with van der Waals surface area (Å²) in [5, 5.41) is 0. The topological polar surface area (TPSA) is 70.2 Å². The summed E-state index contributed by atoms with van der Waals surface area (Å²) in [6.45, 7) is 2.77. The van der Waals surface area contributed by atoms with Gasteiger partial charge in [-0.05, 0) is 43.2 Å². The number of para-hydroxylation sites is 1. The number of carbonyl (C=O) groups excluding carboxylic acids is 1. The van der Waals surface area contributed by atoms with Gasteiger partial charge in [-0.15, -0.1) is 0 Å². The van der Waals surface area contributed by atoms with Gasteiger partial charge in [-0.25, -0.2) is 12.8 Å². The van der Waals surface area contributed by atoms with Crippen LogP contribution in [0.3, 0.4) is 0 Å². The van der Waals surface area contributed by atoms with Crippen molar-refractivity contribution in [2.24, 2.45) is 0 Å². The molecule has 9 heteroatoms. The molecule has 0 aliphatic carbocycles. The van der Waals surface area contributed by atoms with Crippen molar-refractivity contribution in [3.05, 3.63) is 53.8 Å². The van der Waals surface area contributed by atoms with Gasteiger partial charge in [0.1, 0.15) is 11.6 Å². The summed E-state index contributed by atoms with van der Waals surface area (Å²) >= 11 is 0. The maximum absolute atomic E-state index is 14.1. The van der Waals surface area contributed by atoms with E-state index in [2.05, 4.69) is 0 Å². The van der Waals surface area contributed by atoms with E-state index in [0.717, 1.165) is 25.7 Å². The number of piperazine rings is 1. The predicted octanol–water partition coefficient (Wildman–Crippen LogP) is 3.36. The highest BCUT2D eigenvalue weighted by Crippen LogP contribution is 2.28. The molecule has 2 aromatic carbocycles. The minimum atomic E-state index is -3.69. The van der Waals surface area contributed by atoms with Gasteiger partial charge in [-0.1, -0.05) is 25.0 Å². The van der Waals surface area contributed by atoms with Crippen molar-refractivity contribution in [1.82, 2.24) is 9.21 Å². The van der Waals surface area contributed by atoms with Gasteiger partial charge in [0.2, 0.25) is 10.0 Å². The van der Waals surface area contributed by atoms with Crippen molar-refractivity contribution in [2.75, 3.05) is 51.3 Å². The molecule has 4 rings (SSSR count). The number of sulfonamides is 1. The Balaban J connectivity index is 1.53. The third-order valence-electron chi connectivity index (χ3n) is 6.36. The largest absolute Gasteiger partial charge is 0.496 e. The molecule has 2 aliphatic heterocycles. The molecular weight excluding hydrogens is 445 g/mol. The molecule has 178 valence electrons. The molecule has 0 bridgehead atoms. The van der Waals surface area contributed by atoms with E-state index in [1.807, 2.05) is 4.90 Å². The van der Waals surface area contributed by atoms with Crippen molar-refractivity contribution in [2.45, 2.75) is 30.6 Å². The van der Waals surface area contributed by atoms with Crippen LogP contribution in [0.25, 0.3) is 0 Å². The molecule has 0 aromatic heterocycles. The van der Waals surface area contributed by atoms with Crippen LogP contribution in [0.1, 0.15) is 36.0 Å². The van der Waals surface area contributed by atoms with Gasteiger partial charge in [-0.2, -0.15) is 4.31 Å².